The number of rotatable bonds is 3. The molecule has 4 aromatic rings. The molecule has 1 aliphatic heterocycles. The Morgan fingerprint density at radius 2 is 1.79 bits per heavy atom. The zero-order valence-electron chi connectivity index (χ0n) is 16.1. The molecule has 0 radical (unpaired) electrons. The van der Waals surface area contributed by atoms with E-state index < -0.39 is 0 Å². The van der Waals surface area contributed by atoms with Gasteiger partial charge in [0.15, 0.2) is 5.65 Å². The predicted molar refractivity (Wildman–Crippen MR) is 112 cm³/mol. The molecule has 0 amide bonds. The third kappa shape index (κ3) is 3.34. The molecule has 0 unspecified atom stereocenters. The average molecular weight is 388 g/mol. The molecule has 29 heavy (non-hydrogen) atoms. The van der Waals surface area contributed by atoms with E-state index in [0.29, 0.717) is 6.04 Å². The fourth-order valence-corrected chi connectivity index (χ4v) is 3.79. The maximum atomic E-state index is 13.5. The summed E-state index contributed by atoms with van der Waals surface area (Å²) in [4.78, 5) is 16.2. The molecule has 5 rings (SSSR count). The highest BCUT2D eigenvalue weighted by molar-refractivity contribution is 5.81. The summed E-state index contributed by atoms with van der Waals surface area (Å²) in [7, 11) is 0. The zero-order chi connectivity index (χ0) is 19.8. The van der Waals surface area contributed by atoms with Crippen molar-refractivity contribution in [2.45, 2.75) is 13.0 Å². The molecule has 1 N–H and O–H groups in total. The van der Waals surface area contributed by atoms with Crippen molar-refractivity contribution in [3.05, 3.63) is 66.7 Å². The van der Waals surface area contributed by atoms with Gasteiger partial charge in [0.1, 0.15) is 23.0 Å². The molecule has 0 saturated carbocycles. The lowest BCUT2D eigenvalue weighted by Crippen LogP contribution is -2.49. The minimum atomic E-state index is -0.270. The molecule has 1 aliphatic rings. The molecule has 1 fully saturated rings. The molecular weight excluding hydrogens is 367 g/mol. The van der Waals surface area contributed by atoms with Crippen LogP contribution >= 0.6 is 0 Å². The van der Waals surface area contributed by atoms with Crippen LogP contribution in [0.1, 0.15) is 6.92 Å². The number of nitrogens with one attached hydrogen (secondary N) is 1. The maximum absolute atomic E-state index is 13.5. The van der Waals surface area contributed by atoms with E-state index in [1.165, 1.54) is 12.1 Å². The third-order valence-electron chi connectivity index (χ3n) is 5.21. The first-order valence-electron chi connectivity index (χ1n) is 9.73. The second kappa shape index (κ2) is 7.25. The van der Waals surface area contributed by atoms with Gasteiger partial charge in [0.25, 0.3) is 0 Å². The van der Waals surface area contributed by atoms with Crippen LogP contribution in [-0.2, 0) is 0 Å². The van der Waals surface area contributed by atoms with Crippen LogP contribution in [0.15, 0.2) is 60.9 Å². The van der Waals surface area contributed by atoms with Gasteiger partial charge in [-0.15, -0.1) is 0 Å². The van der Waals surface area contributed by atoms with Crippen LogP contribution < -0.4 is 10.2 Å². The number of piperazine rings is 1. The number of benzene rings is 1. The van der Waals surface area contributed by atoms with E-state index in [-0.39, 0.29) is 5.82 Å². The monoisotopic (exact) mass is 388 g/mol. The minimum absolute atomic E-state index is 0.270. The fraction of sp³-hybridized carbons (Fsp3) is 0.227. The van der Waals surface area contributed by atoms with Gasteiger partial charge >= 0.3 is 0 Å². The summed E-state index contributed by atoms with van der Waals surface area (Å²) in [6.45, 7) is 4.94. The van der Waals surface area contributed by atoms with Crippen LogP contribution in [0.5, 0.6) is 0 Å². The van der Waals surface area contributed by atoms with Gasteiger partial charge in [-0.1, -0.05) is 0 Å². The molecule has 0 spiro atoms. The second-order valence-electron chi connectivity index (χ2n) is 7.30. The molecule has 4 heterocycles. The Morgan fingerprint density at radius 1 is 1.00 bits per heavy atom. The van der Waals surface area contributed by atoms with Crippen LogP contribution in [0.4, 0.5) is 10.2 Å². The van der Waals surface area contributed by atoms with Gasteiger partial charge in [-0.2, -0.15) is 0 Å². The Bertz CT molecular complexity index is 1140. The lowest BCUT2D eigenvalue weighted by Gasteiger charge is -2.32. The zero-order valence-corrected chi connectivity index (χ0v) is 16.1. The smallest absolute Gasteiger partial charge is 0.167 e. The van der Waals surface area contributed by atoms with E-state index in [4.69, 9.17) is 9.97 Å². The Kier molecular flexibility index (Phi) is 4.44. The van der Waals surface area contributed by atoms with Gasteiger partial charge in [-0.05, 0) is 55.5 Å². The summed E-state index contributed by atoms with van der Waals surface area (Å²) >= 11 is 0. The Labute approximate surface area is 168 Å². The van der Waals surface area contributed by atoms with E-state index in [1.54, 1.807) is 24.5 Å². The standard InChI is InChI=1S/C22H21FN6/c1-15-14-28(13-12-25-15)20-7-6-19-22(27-20)29(18-8-10-24-11-9-18)21(26-19)16-2-4-17(23)5-3-16/h2-11,15,25H,12-14H2,1H3/t15-/m1/s1. The minimum Gasteiger partial charge on any atom is -0.354 e. The molecule has 0 aliphatic carbocycles. The van der Waals surface area contributed by atoms with Crippen LogP contribution in [0.25, 0.3) is 28.2 Å². The highest BCUT2D eigenvalue weighted by Crippen LogP contribution is 2.29. The van der Waals surface area contributed by atoms with Gasteiger partial charge in [0.05, 0.1) is 5.69 Å². The molecule has 146 valence electrons. The lowest BCUT2D eigenvalue weighted by molar-refractivity contribution is 0.482. The van der Waals surface area contributed by atoms with Gasteiger partial charge in [-0.3, -0.25) is 9.55 Å². The summed E-state index contributed by atoms with van der Waals surface area (Å²) in [6, 6.07) is 14.7. The van der Waals surface area contributed by atoms with Crippen LogP contribution in [0.2, 0.25) is 0 Å². The molecule has 6 nitrogen and oxygen atoms in total. The van der Waals surface area contributed by atoms with Crippen molar-refractivity contribution >= 4 is 17.0 Å². The normalized spacial score (nSPS) is 17.0. The largest absolute Gasteiger partial charge is 0.354 e. The van der Waals surface area contributed by atoms with E-state index in [9.17, 15) is 4.39 Å². The summed E-state index contributed by atoms with van der Waals surface area (Å²) in [6.07, 6.45) is 3.49. The van der Waals surface area contributed by atoms with Gasteiger partial charge < -0.3 is 10.2 Å². The summed E-state index contributed by atoms with van der Waals surface area (Å²) in [5.74, 6) is 1.39. The molecule has 7 heteroatoms. The fourth-order valence-electron chi connectivity index (χ4n) is 3.79. The topological polar surface area (TPSA) is 58.9 Å². The van der Waals surface area contributed by atoms with Crippen molar-refractivity contribution in [2.75, 3.05) is 24.5 Å². The molecule has 1 saturated heterocycles. The maximum Gasteiger partial charge on any atom is 0.167 e. The molecule has 1 aromatic carbocycles. The average Bonchev–Trinajstić information content (AvgIpc) is 3.13. The first-order valence-corrected chi connectivity index (χ1v) is 9.73. The molecule has 0 bridgehead atoms. The first-order chi connectivity index (χ1) is 14.2. The molecule has 3 aromatic heterocycles. The number of halogens is 1. The highest BCUT2D eigenvalue weighted by atomic mass is 19.1. The summed E-state index contributed by atoms with van der Waals surface area (Å²) in [5, 5.41) is 3.46. The number of imidazole rings is 1. The predicted octanol–water partition coefficient (Wildman–Crippen LogP) is 3.42. The SMILES string of the molecule is C[C@@H]1CN(c2ccc3nc(-c4ccc(F)cc4)n(-c4ccncc4)c3n2)CCN1. The van der Waals surface area contributed by atoms with E-state index in [1.807, 2.05) is 28.8 Å². The molecular formula is C22H21FN6. The van der Waals surface area contributed by atoms with Crippen molar-refractivity contribution in [2.24, 2.45) is 0 Å². The Hall–Kier alpha value is -3.32. The Balaban J connectivity index is 1.69. The van der Waals surface area contributed by atoms with Gasteiger partial charge in [0, 0.05) is 43.6 Å². The highest BCUT2D eigenvalue weighted by Gasteiger charge is 2.20. The Morgan fingerprint density at radius 3 is 2.55 bits per heavy atom. The van der Waals surface area contributed by atoms with E-state index >= 15 is 0 Å². The first kappa shape index (κ1) is 17.8. The number of nitrogens with zero attached hydrogens (tertiary/aromatic N) is 5. The number of hydrogen-bond acceptors (Lipinski definition) is 5. The number of aromatic nitrogens is 4. The van der Waals surface area contributed by atoms with Crippen molar-refractivity contribution in [1.82, 2.24) is 24.8 Å². The van der Waals surface area contributed by atoms with Crippen molar-refractivity contribution in [3.63, 3.8) is 0 Å². The third-order valence-corrected chi connectivity index (χ3v) is 5.21. The van der Waals surface area contributed by atoms with E-state index in [0.717, 1.165) is 53.7 Å². The van der Waals surface area contributed by atoms with Crippen LogP contribution in [0, 0.1) is 5.82 Å². The van der Waals surface area contributed by atoms with Gasteiger partial charge in [0.2, 0.25) is 0 Å². The van der Waals surface area contributed by atoms with Crippen molar-refractivity contribution in [1.29, 1.82) is 0 Å². The van der Waals surface area contributed by atoms with Crippen molar-refractivity contribution < 1.29 is 4.39 Å². The lowest BCUT2D eigenvalue weighted by atomic mass is 10.2. The summed E-state index contributed by atoms with van der Waals surface area (Å²) in [5.41, 5.74) is 3.32. The summed E-state index contributed by atoms with van der Waals surface area (Å²) < 4.78 is 15.5. The van der Waals surface area contributed by atoms with Gasteiger partial charge in [-0.25, -0.2) is 14.4 Å². The number of anilines is 1. The number of hydrogen-bond donors (Lipinski definition) is 1. The van der Waals surface area contributed by atoms with Crippen molar-refractivity contribution in [3.8, 4) is 17.1 Å². The van der Waals surface area contributed by atoms with Crippen LogP contribution in [0.3, 0.4) is 0 Å². The quantitative estimate of drug-likeness (QED) is 0.583. The second-order valence-corrected chi connectivity index (χ2v) is 7.30. The molecule has 1 atom stereocenters. The number of pyridine rings is 2. The van der Waals surface area contributed by atoms with Crippen LogP contribution in [-0.4, -0.2) is 45.2 Å². The van der Waals surface area contributed by atoms with E-state index in [2.05, 4.69) is 22.1 Å². The number of fused-ring (bicyclic) bond motifs is 1.